The van der Waals surface area contributed by atoms with Crippen molar-refractivity contribution in [3.63, 3.8) is 0 Å². The molecule has 0 fully saturated rings. The van der Waals surface area contributed by atoms with E-state index in [0.29, 0.717) is 28.2 Å². The topological polar surface area (TPSA) is 50.9 Å². The quantitative estimate of drug-likeness (QED) is 0.175. The number of rotatable bonds is 7. The van der Waals surface area contributed by atoms with Crippen molar-refractivity contribution in [2.45, 2.75) is 59.2 Å². The fraction of sp³-hybridized carbons (Fsp3) is 0.158. The van der Waals surface area contributed by atoms with Crippen molar-refractivity contribution in [2.75, 3.05) is 0 Å². The molecule has 0 unspecified atom stereocenters. The van der Waals surface area contributed by atoms with E-state index >= 15 is 0 Å². The second-order valence-corrected chi connectivity index (χ2v) is 17.6. The number of phenols is 1. The number of hydrogen-bond acceptors (Lipinski definition) is 3. The van der Waals surface area contributed by atoms with Crippen LogP contribution in [0.3, 0.4) is 0 Å². The van der Waals surface area contributed by atoms with E-state index in [9.17, 15) is 5.11 Å². The molecule has 0 aliphatic carbocycles. The number of benzene rings is 7. The monoisotopic (exact) mass is 800 g/mol. The predicted octanol–water partition coefficient (Wildman–Crippen LogP) is 15.0. The molecule has 7 aromatic carbocycles. The van der Waals surface area contributed by atoms with Gasteiger partial charge in [-0.2, -0.15) is 0 Å². The molecule has 4 nitrogen and oxygen atoms in total. The SMILES string of the molecule is [2H]c1c([2H])c(C([2H])([2H])[2H])c([2H])c([2H])c1-c1ccnc(-c2cc(-c3ccccc3)cc(-c3cccc4c3nc(-c3cc(C(C)(C)C)cc(C(C)(C)C)c3O)n4-c3ccc(-c4ccccc4)cc3)c2)c1. The van der Waals surface area contributed by atoms with E-state index in [1.165, 1.54) is 0 Å². The average Bonchev–Trinajstić information content (AvgIpc) is 3.70. The van der Waals surface area contributed by atoms with Gasteiger partial charge in [0.1, 0.15) is 11.6 Å². The summed E-state index contributed by atoms with van der Waals surface area (Å²) in [5.74, 6) is 0.769. The maximum Gasteiger partial charge on any atom is 0.149 e. The first-order valence-corrected chi connectivity index (χ1v) is 20.5. The normalized spacial score (nSPS) is 13.8. The second kappa shape index (κ2) is 15.5. The first-order chi connectivity index (χ1) is 32.2. The molecule has 0 saturated heterocycles. The van der Waals surface area contributed by atoms with Crippen molar-refractivity contribution in [3.05, 3.63) is 193 Å². The smallest absolute Gasteiger partial charge is 0.149 e. The largest absolute Gasteiger partial charge is 0.507 e. The molecular weight excluding hydrogens is 743 g/mol. The standard InChI is InChI=1S/C57H51N3O/c1-37-21-23-41(24-22-37)42-29-30-58-51(34-42)45-32-43(39-17-12-9-13-18-39)31-44(33-45)48-19-14-20-52-53(48)59-55(49-35-46(56(2,3)4)36-50(54(49)61)57(5,6)7)60(52)47-27-25-40(26-28-47)38-15-10-8-11-16-38/h8-36,61H,1-7H3/i1D3,21D,22D,23D,24D. The number of aromatic nitrogens is 3. The summed E-state index contributed by atoms with van der Waals surface area (Å²) in [7, 11) is 0. The van der Waals surface area contributed by atoms with Gasteiger partial charge in [0.15, 0.2) is 0 Å². The van der Waals surface area contributed by atoms with Gasteiger partial charge in [-0.3, -0.25) is 9.55 Å². The molecule has 9 rings (SSSR count). The number of phenolic OH excluding ortho intramolecular Hbond substituents is 1. The zero-order valence-electron chi connectivity index (χ0n) is 42.2. The third-order valence-electron chi connectivity index (χ3n) is 11.3. The number of pyridine rings is 1. The highest BCUT2D eigenvalue weighted by atomic mass is 16.3. The Bertz CT molecular complexity index is 3360. The Morgan fingerprint density at radius 1 is 0.541 bits per heavy atom. The average molecular weight is 801 g/mol. The minimum Gasteiger partial charge on any atom is -0.507 e. The fourth-order valence-corrected chi connectivity index (χ4v) is 7.95. The number of aromatic hydroxyl groups is 1. The van der Waals surface area contributed by atoms with Crippen LogP contribution in [0.15, 0.2) is 176 Å². The molecule has 0 amide bonds. The summed E-state index contributed by atoms with van der Waals surface area (Å²) in [6.07, 6.45) is 1.56. The Morgan fingerprint density at radius 2 is 1.18 bits per heavy atom. The molecule has 300 valence electrons. The van der Waals surface area contributed by atoms with Gasteiger partial charge in [0.25, 0.3) is 0 Å². The maximum atomic E-state index is 12.4. The van der Waals surface area contributed by atoms with Gasteiger partial charge < -0.3 is 5.11 Å². The summed E-state index contributed by atoms with van der Waals surface area (Å²) in [4.78, 5) is 10.3. The molecule has 61 heavy (non-hydrogen) atoms. The van der Waals surface area contributed by atoms with Crippen LogP contribution in [0.5, 0.6) is 5.75 Å². The van der Waals surface area contributed by atoms with Crippen LogP contribution >= 0.6 is 0 Å². The molecule has 0 radical (unpaired) electrons. The number of fused-ring (bicyclic) bond motifs is 1. The minimum absolute atomic E-state index is 0.0101. The molecule has 0 spiro atoms. The van der Waals surface area contributed by atoms with Crippen LogP contribution in [0.25, 0.3) is 83.9 Å². The summed E-state index contributed by atoms with van der Waals surface area (Å²) in [5.41, 5.74) is 11.0. The third-order valence-corrected chi connectivity index (χ3v) is 11.3. The van der Waals surface area contributed by atoms with Crippen LogP contribution in [-0.4, -0.2) is 19.6 Å². The van der Waals surface area contributed by atoms with Gasteiger partial charge in [0.2, 0.25) is 0 Å². The lowest BCUT2D eigenvalue weighted by molar-refractivity contribution is 0.446. The Balaban J connectivity index is 1.29. The molecule has 0 saturated carbocycles. The lowest BCUT2D eigenvalue weighted by Crippen LogP contribution is -2.17. The van der Waals surface area contributed by atoms with Gasteiger partial charge in [0, 0.05) is 32.7 Å². The zero-order valence-corrected chi connectivity index (χ0v) is 35.2. The molecule has 0 aliphatic heterocycles. The zero-order chi connectivity index (χ0) is 48.4. The summed E-state index contributed by atoms with van der Waals surface area (Å²) in [6.45, 7) is 10.0. The first kappa shape index (κ1) is 31.8. The van der Waals surface area contributed by atoms with Crippen molar-refractivity contribution < 1.29 is 14.7 Å². The van der Waals surface area contributed by atoms with Crippen LogP contribution in [0, 0.1) is 6.85 Å². The lowest BCUT2D eigenvalue weighted by Gasteiger charge is -2.27. The van der Waals surface area contributed by atoms with Gasteiger partial charge in [0.05, 0.1) is 27.8 Å². The number of imidazole rings is 1. The molecule has 1 N–H and O–H groups in total. The Morgan fingerprint density at radius 3 is 1.84 bits per heavy atom. The Hall–Kier alpha value is -7.04. The summed E-state index contributed by atoms with van der Waals surface area (Å²) >= 11 is 0. The van der Waals surface area contributed by atoms with Gasteiger partial charge >= 0.3 is 0 Å². The number of nitrogens with zero attached hydrogens (tertiary/aromatic N) is 3. The summed E-state index contributed by atoms with van der Waals surface area (Å²) < 4.78 is 60.7. The van der Waals surface area contributed by atoms with Gasteiger partial charge in [-0.1, -0.05) is 162 Å². The molecule has 0 aliphatic rings. The fourth-order valence-electron chi connectivity index (χ4n) is 7.95. The van der Waals surface area contributed by atoms with Crippen molar-refractivity contribution in [2.24, 2.45) is 0 Å². The van der Waals surface area contributed by atoms with Crippen LogP contribution in [0.2, 0.25) is 0 Å². The lowest BCUT2D eigenvalue weighted by atomic mass is 9.79. The van der Waals surface area contributed by atoms with Crippen LogP contribution in [0.4, 0.5) is 0 Å². The van der Waals surface area contributed by atoms with Crippen LogP contribution in [0.1, 0.15) is 67.8 Å². The maximum absolute atomic E-state index is 12.4. The molecule has 9 aromatic rings. The van der Waals surface area contributed by atoms with E-state index in [-0.39, 0.29) is 22.1 Å². The van der Waals surface area contributed by atoms with E-state index < -0.39 is 36.6 Å². The van der Waals surface area contributed by atoms with Gasteiger partial charge in [-0.25, -0.2) is 4.98 Å². The predicted molar refractivity (Wildman–Crippen MR) is 255 cm³/mol. The summed E-state index contributed by atoms with van der Waals surface area (Å²) in [6, 6.07) is 46.4. The van der Waals surface area contributed by atoms with E-state index in [0.717, 1.165) is 61.3 Å². The Kier molecular flexibility index (Phi) is 8.10. The molecule has 2 aromatic heterocycles. The van der Waals surface area contributed by atoms with E-state index in [4.69, 9.17) is 19.6 Å². The third kappa shape index (κ3) is 7.78. The van der Waals surface area contributed by atoms with Crippen LogP contribution < -0.4 is 0 Å². The molecule has 2 heterocycles. The van der Waals surface area contributed by atoms with Crippen molar-refractivity contribution in [1.29, 1.82) is 0 Å². The van der Waals surface area contributed by atoms with Crippen LogP contribution in [-0.2, 0) is 10.8 Å². The van der Waals surface area contributed by atoms with Crippen molar-refractivity contribution in [3.8, 4) is 78.6 Å². The van der Waals surface area contributed by atoms with Crippen molar-refractivity contribution in [1.82, 2.24) is 14.5 Å². The highest BCUT2D eigenvalue weighted by molar-refractivity contribution is 5.98. The minimum atomic E-state index is -2.82. The van der Waals surface area contributed by atoms with Gasteiger partial charge in [-0.05, 0) is 117 Å². The first-order valence-electron chi connectivity index (χ1n) is 24.0. The Labute approximate surface area is 369 Å². The van der Waals surface area contributed by atoms with Gasteiger partial charge in [-0.15, -0.1) is 0 Å². The molecule has 0 atom stereocenters. The van der Waals surface area contributed by atoms with E-state index in [1.54, 1.807) is 18.3 Å². The van der Waals surface area contributed by atoms with Crippen molar-refractivity contribution >= 4 is 11.0 Å². The molecule has 4 heteroatoms. The highest BCUT2D eigenvalue weighted by Crippen LogP contribution is 2.45. The molecule has 0 bridgehead atoms. The second-order valence-electron chi connectivity index (χ2n) is 17.6. The summed E-state index contributed by atoms with van der Waals surface area (Å²) in [5, 5.41) is 12.4. The highest BCUT2D eigenvalue weighted by Gasteiger charge is 2.28. The number of hydrogen-bond donors (Lipinski definition) is 1. The molecular formula is C57H51N3O. The van der Waals surface area contributed by atoms with E-state index in [2.05, 4.69) is 107 Å². The number of para-hydroxylation sites is 1. The van der Waals surface area contributed by atoms with E-state index in [1.807, 2.05) is 72.8 Å².